The summed E-state index contributed by atoms with van der Waals surface area (Å²) in [5.41, 5.74) is 2.11. The monoisotopic (exact) mass is 332 g/mol. The van der Waals surface area contributed by atoms with Crippen LogP contribution in [0.25, 0.3) is 0 Å². The number of nitrogens with zero attached hydrogens (tertiary/aromatic N) is 4. The van der Waals surface area contributed by atoms with Crippen molar-refractivity contribution in [3.8, 4) is 0 Å². The van der Waals surface area contributed by atoms with Crippen LogP contribution in [0.3, 0.4) is 0 Å². The molecule has 1 heterocycles. The smallest absolute Gasteiger partial charge is 0.0775 e. The first-order valence-electron chi connectivity index (χ1n) is 9.72. The number of fused-ring (bicyclic) bond motifs is 4. The Morgan fingerprint density at radius 2 is 1.08 bits per heavy atom. The summed E-state index contributed by atoms with van der Waals surface area (Å²) in [5.74, 6) is 2.46. The zero-order chi connectivity index (χ0) is 16.3. The topological polar surface area (TPSA) is 71.7 Å². The summed E-state index contributed by atoms with van der Waals surface area (Å²) in [4.78, 5) is 5.11. The number of rotatable bonds is 2. The third-order valence-electron chi connectivity index (χ3n) is 7.65. The van der Waals surface area contributed by atoms with Crippen LogP contribution in [0, 0.1) is 23.7 Å². The molecule has 5 aliphatic rings. The van der Waals surface area contributed by atoms with E-state index in [0.717, 1.165) is 37.6 Å². The zero-order valence-corrected chi connectivity index (χ0v) is 14.2. The molecule has 0 amide bonds. The molecule has 4 bridgehead atoms. The van der Waals surface area contributed by atoms with E-state index >= 15 is 0 Å². The van der Waals surface area contributed by atoms with E-state index in [1.165, 1.54) is 38.5 Å². The molecule has 4 saturated carbocycles. The minimum atomic E-state index is 0.377. The van der Waals surface area contributed by atoms with Gasteiger partial charge in [-0.05, 0) is 50.4 Å². The predicted octanol–water partition coefficient (Wildman–Crippen LogP) is 1.86. The van der Waals surface area contributed by atoms with Gasteiger partial charge in [0.2, 0.25) is 0 Å². The second-order valence-corrected chi connectivity index (χ2v) is 8.55. The van der Waals surface area contributed by atoms with E-state index in [-0.39, 0.29) is 0 Å². The van der Waals surface area contributed by atoms with Gasteiger partial charge in [0.1, 0.15) is 0 Å². The molecule has 0 aromatic carbocycles. The number of piperazine rings is 1. The van der Waals surface area contributed by atoms with Crippen molar-refractivity contribution >= 4 is 11.4 Å². The molecule has 0 radical (unpaired) electrons. The summed E-state index contributed by atoms with van der Waals surface area (Å²) in [7, 11) is 0. The lowest BCUT2D eigenvalue weighted by Crippen LogP contribution is -2.58. The van der Waals surface area contributed by atoms with Gasteiger partial charge in [-0.15, -0.1) is 0 Å². The van der Waals surface area contributed by atoms with Crippen molar-refractivity contribution in [2.45, 2.75) is 50.6 Å². The second kappa shape index (κ2) is 5.70. The maximum absolute atomic E-state index is 9.46. The Morgan fingerprint density at radius 1 is 0.667 bits per heavy atom. The Hall–Kier alpha value is -1.14. The first kappa shape index (κ1) is 15.1. The minimum absolute atomic E-state index is 0.377. The van der Waals surface area contributed by atoms with Gasteiger partial charge in [0.15, 0.2) is 0 Å². The van der Waals surface area contributed by atoms with Gasteiger partial charge in [0.05, 0.1) is 23.5 Å². The van der Waals surface area contributed by atoms with E-state index in [0.29, 0.717) is 35.8 Å². The molecule has 5 rings (SSSR count). The van der Waals surface area contributed by atoms with Gasteiger partial charge in [-0.3, -0.25) is 9.80 Å². The summed E-state index contributed by atoms with van der Waals surface area (Å²) in [6.07, 6.45) is 7.45. The third kappa shape index (κ3) is 2.08. The fourth-order valence-corrected chi connectivity index (χ4v) is 6.66. The average molecular weight is 332 g/mol. The molecule has 6 heteroatoms. The van der Waals surface area contributed by atoms with E-state index in [9.17, 15) is 10.4 Å². The Kier molecular flexibility index (Phi) is 3.59. The van der Waals surface area contributed by atoms with Crippen LogP contribution in [0.15, 0.2) is 10.3 Å². The minimum Gasteiger partial charge on any atom is -0.411 e. The first-order chi connectivity index (χ1) is 11.8. The molecule has 1 saturated heterocycles. The van der Waals surface area contributed by atoms with Crippen LogP contribution in [0.2, 0.25) is 0 Å². The average Bonchev–Trinajstić information content (AvgIpc) is 3.39. The Morgan fingerprint density at radius 3 is 1.46 bits per heavy atom. The maximum atomic E-state index is 9.46. The van der Waals surface area contributed by atoms with Crippen molar-refractivity contribution in [2.24, 2.45) is 34.0 Å². The second-order valence-electron chi connectivity index (χ2n) is 8.55. The lowest BCUT2D eigenvalue weighted by molar-refractivity contribution is 0.0745. The van der Waals surface area contributed by atoms with Gasteiger partial charge in [-0.2, -0.15) is 0 Å². The molecule has 132 valence electrons. The van der Waals surface area contributed by atoms with Gasteiger partial charge < -0.3 is 10.4 Å². The summed E-state index contributed by atoms with van der Waals surface area (Å²) >= 11 is 0. The fraction of sp³-hybridized carbons (Fsp3) is 0.889. The molecular weight excluding hydrogens is 304 g/mol. The van der Waals surface area contributed by atoms with Crippen LogP contribution in [-0.2, 0) is 0 Å². The third-order valence-corrected chi connectivity index (χ3v) is 7.65. The highest BCUT2D eigenvalue weighted by molar-refractivity contribution is 5.95. The molecule has 6 nitrogen and oxygen atoms in total. The highest BCUT2D eigenvalue weighted by Crippen LogP contribution is 2.47. The highest BCUT2D eigenvalue weighted by Gasteiger charge is 2.51. The van der Waals surface area contributed by atoms with Gasteiger partial charge in [0, 0.05) is 38.0 Å². The SMILES string of the molecule is O/N=C1\[C@H]2CC[C@H](C2)[C@@H]1N1CCN([C@@H]2/C(=N/O)[C@H]3CC[C@H]2C3)CC1. The predicted molar refractivity (Wildman–Crippen MR) is 90.8 cm³/mol. The van der Waals surface area contributed by atoms with E-state index in [1.54, 1.807) is 0 Å². The van der Waals surface area contributed by atoms with Crippen LogP contribution < -0.4 is 0 Å². The standard InChI is InChI=1S/C18H28N4O2/c23-19-15-11-1-3-13(9-11)17(15)21-5-7-22(8-6-21)18-14-4-2-12(10-14)16(18)20-24/h11-14,17-18,23-24H,1-10H2/b19-15+,20-16+/t11-,12-,13-,14+,17-,18-/m0/s1. The zero-order valence-electron chi connectivity index (χ0n) is 14.2. The van der Waals surface area contributed by atoms with Crippen molar-refractivity contribution in [3.63, 3.8) is 0 Å². The maximum Gasteiger partial charge on any atom is 0.0775 e. The molecule has 2 N–H and O–H groups in total. The Bertz CT molecular complexity index is 519. The van der Waals surface area contributed by atoms with E-state index in [2.05, 4.69) is 20.1 Å². The van der Waals surface area contributed by atoms with E-state index < -0.39 is 0 Å². The normalized spacial score (nSPS) is 49.0. The number of hydrogen-bond donors (Lipinski definition) is 2. The lowest BCUT2D eigenvalue weighted by Gasteiger charge is -2.44. The van der Waals surface area contributed by atoms with E-state index in [4.69, 9.17) is 0 Å². The summed E-state index contributed by atoms with van der Waals surface area (Å²) in [5, 5.41) is 26.3. The highest BCUT2D eigenvalue weighted by atomic mass is 16.4. The molecular formula is C18H28N4O2. The van der Waals surface area contributed by atoms with Crippen LogP contribution in [-0.4, -0.2) is 69.9 Å². The Balaban J connectivity index is 1.27. The van der Waals surface area contributed by atoms with Gasteiger partial charge >= 0.3 is 0 Å². The molecule has 6 atom stereocenters. The molecule has 0 aromatic rings. The van der Waals surface area contributed by atoms with Crippen LogP contribution in [0.4, 0.5) is 0 Å². The van der Waals surface area contributed by atoms with E-state index in [1.807, 2.05) is 0 Å². The molecule has 5 fully saturated rings. The van der Waals surface area contributed by atoms with Gasteiger partial charge in [-0.25, -0.2) is 0 Å². The molecule has 0 unspecified atom stereocenters. The largest absolute Gasteiger partial charge is 0.411 e. The molecule has 1 aliphatic heterocycles. The molecule has 0 spiro atoms. The number of hydrogen-bond acceptors (Lipinski definition) is 6. The Labute approximate surface area is 143 Å². The molecule has 24 heavy (non-hydrogen) atoms. The van der Waals surface area contributed by atoms with Crippen molar-refractivity contribution in [3.05, 3.63) is 0 Å². The van der Waals surface area contributed by atoms with Crippen LogP contribution in [0.1, 0.15) is 38.5 Å². The molecule has 4 aliphatic carbocycles. The van der Waals surface area contributed by atoms with Crippen molar-refractivity contribution < 1.29 is 10.4 Å². The quantitative estimate of drug-likeness (QED) is 0.598. The van der Waals surface area contributed by atoms with Gasteiger partial charge in [0.25, 0.3) is 0 Å². The summed E-state index contributed by atoms with van der Waals surface area (Å²) in [6.45, 7) is 4.16. The van der Waals surface area contributed by atoms with Crippen LogP contribution in [0.5, 0.6) is 0 Å². The number of oxime groups is 2. The lowest BCUT2D eigenvalue weighted by atomic mass is 9.90. The van der Waals surface area contributed by atoms with Crippen molar-refractivity contribution in [1.82, 2.24) is 9.80 Å². The fourth-order valence-electron chi connectivity index (χ4n) is 6.66. The van der Waals surface area contributed by atoms with Gasteiger partial charge in [-0.1, -0.05) is 10.3 Å². The van der Waals surface area contributed by atoms with Crippen molar-refractivity contribution in [2.75, 3.05) is 26.2 Å². The molecule has 0 aromatic heterocycles. The summed E-state index contributed by atoms with van der Waals surface area (Å²) in [6, 6.07) is 0.754. The van der Waals surface area contributed by atoms with Crippen molar-refractivity contribution in [1.29, 1.82) is 0 Å². The first-order valence-corrected chi connectivity index (χ1v) is 9.72. The summed E-state index contributed by atoms with van der Waals surface area (Å²) < 4.78 is 0. The van der Waals surface area contributed by atoms with Crippen LogP contribution >= 0.6 is 0 Å².